The summed E-state index contributed by atoms with van der Waals surface area (Å²) < 4.78 is 0. The van der Waals surface area contributed by atoms with E-state index >= 15 is 0 Å². The molecule has 0 amide bonds. The van der Waals surface area contributed by atoms with Crippen molar-refractivity contribution in [3.63, 3.8) is 0 Å². The zero-order valence-corrected chi connectivity index (χ0v) is 14.4. The topological polar surface area (TPSA) is 126 Å². The van der Waals surface area contributed by atoms with Crippen LogP contribution < -0.4 is 83.9 Å². The van der Waals surface area contributed by atoms with E-state index in [1.807, 2.05) is 0 Å². The number of hydrogen-bond donors (Lipinski definition) is 0. The van der Waals surface area contributed by atoms with Crippen molar-refractivity contribution in [1.82, 2.24) is 0 Å². The zero-order chi connectivity index (χ0) is 2.71. The van der Waals surface area contributed by atoms with Crippen LogP contribution in [0.25, 0.3) is 0 Å². The predicted molar refractivity (Wildman–Crippen MR) is 26.2 cm³/mol. The normalized spacial score (nSPS) is 2.00. The van der Waals surface area contributed by atoms with Crippen LogP contribution in [0, 0.1) is 0 Å². The smallest absolute Gasteiger partial charge is 1.00 e. The van der Waals surface area contributed by atoms with E-state index in [1.165, 1.54) is 0 Å². The molecule has 0 heterocycles. The van der Waals surface area contributed by atoms with Gasteiger partial charge in [-0.15, -0.1) is 0 Å². The molecular weight excluding hydrogens is 358 g/mol. The first-order valence-electron chi connectivity index (χ1n) is 0.239. The van der Waals surface area contributed by atoms with Gasteiger partial charge in [-0.1, -0.05) is 0 Å². The van der Waals surface area contributed by atoms with Gasteiger partial charge in [-0.2, -0.15) is 0 Å². The van der Waals surface area contributed by atoms with E-state index in [0.717, 1.165) is 0 Å². The molecule has 0 spiro atoms. The Morgan fingerprint density at radius 3 is 0.636 bits per heavy atom. The quantitative estimate of drug-likeness (QED) is 0.378. The summed E-state index contributed by atoms with van der Waals surface area (Å²) in [5, 5.41) is 0. The third-order valence-electron chi connectivity index (χ3n) is 0. The molecule has 4 nitrogen and oxygen atoms in total. The largest absolute Gasteiger partial charge is 1.00 e. The Bertz CT molecular complexity index is 20.1. The molecule has 0 fully saturated rings. The Kier molecular flexibility index (Phi) is 782. The molecule has 72 valence electrons. The summed E-state index contributed by atoms with van der Waals surface area (Å²) in [5.74, 6) is 0. The first-order chi connectivity index (χ1) is 1.41. The maximum Gasteiger partial charge on any atom is 1.00 e. The molecule has 0 saturated heterocycles. The Balaban J connectivity index is -0.000000000714. The maximum atomic E-state index is 4.81. The third-order valence-corrected chi connectivity index (χ3v) is 0. The van der Waals surface area contributed by atoms with Crippen LogP contribution in [0.5, 0.6) is 0 Å². The van der Waals surface area contributed by atoms with Crippen LogP contribution >= 0.6 is 19.1 Å². The van der Waals surface area contributed by atoms with Gasteiger partial charge in [0, 0.05) is 0 Å². The van der Waals surface area contributed by atoms with E-state index in [4.69, 9.17) is 19.1 Å². The maximum absolute atomic E-state index is 4.81. The Morgan fingerprint density at radius 1 is 0.636 bits per heavy atom. The van der Waals surface area contributed by atoms with Gasteiger partial charge in [0.15, 0.2) is 0 Å². The van der Waals surface area contributed by atoms with Crippen molar-refractivity contribution in [3.8, 4) is 0 Å². The van der Waals surface area contributed by atoms with Crippen molar-refractivity contribution >= 4 is 19.1 Å². The second kappa shape index (κ2) is 101. The van der Waals surface area contributed by atoms with E-state index in [0.29, 0.717) is 0 Å². The van der Waals surface area contributed by atoms with Gasteiger partial charge in [0.1, 0.15) is 0 Å². The van der Waals surface area contributed by atoms with Crippen LogP contribution in [0.4, 0.5) is 0 Å². The molecule has 0 aromatic rings. The molecule has 0 saturated carbocycles. The van der Waals surface area contributed by atoms with Gasteiger partial charge in [0.2, 0.25) is 0 Å². The van der Waals surface area contributed by atoms with Gasteiger partial charge in [0.25, 0.3) is 0 Å². The molecule has 0 bridgehead atoms. The molecular formula is H8Cl4Na2O4Pd. The number of rotatable bonds is 0. The average molecular weight is 366 g/mol. The zero-order valence-electron chi connectivity index (χ0n) is 5.83. The van der Waals surface area contributed by atoms with Gasteiger partial charge < -0.3 is 46.7 Å². The van der Waals surface area contributed by atoms with Gasteiger partial charge in [-0.25, -0.2) is 0 Å². The third kappa shape index (κ3) is 139. The Hall–Kier alpha value is 3.66. The minimum absolute atomic E-state index is 0. The molecule has 0 radical (unpaired) electrons. The van der Waals surface area contributed by atoms with Crippen molar-refractivity contribution in [2.24, 2.45) is 0 Å². The standard InChI is InChI=1S/4ClH.2Na.4H2O.Pd/h4*1H;;;4*1H2;/q;;;;2*+1;;;;;+2/p-4. The summed E-state index contributed by atoms with van der Waals surface area (Å²) in [7, 11) is 9.63. The molecule has 0 rings (SSSR count). The summed E-state index contributed by atoms with van der Waals surface area (Å²) in [4.78, 5) is 0. The molecule has 0 aliphatic carbocycles. The molecule has 0 atom stereocenters. The van der Waals surface area contributed by atoms with Crippen molar-refractivity contribution in [2.45, 2.75) is 0 Å². The molecule has 0 unspecified atom stereocenters. The van der Waals surface area contributed by atoms with E-state index < -0.39 is 0 Å². The van der Waals surface area contributed by atoms with Gasteiger partial charge in [-0.3, -0.25) is 0 Å². The van der Waals surface area contributed by atoms with E-state index in [-0.39, 0.29) is 122 Å². The molecule has 0 aliphatic rings. The van der Waals surface area contributed by atoms with Crippen LogP contribution in [0.15, 0.2) is 0 Å². The summed E-state index contributed by atoms with van der Waals surface area (Å²) in [6, 6.07) is 0. The molecule has 8 N–H and O–H groups in total. The molecule has 11 heavy (non-hydrogen) atoms. The van der Waals surface area contributed by atoms with Gasteiger partial charge in [0.05, 0.1) is 0 Å². The first kappa shape index (κ1) is 85.4. The molecule has 0 aromatic carbocycles. The fraction of sp³-hybridized carbons (Fsp3) is 0. The molecule has 0 aliphatic heterocycles. The van der Waals surface area contributed by atoms with Crippen LogP contribution in [-0.2, 0) is 15.9 Å². The van der Waals surface area contributed by atoms with Gasteiger partial charge in [-0.05, 0) is 0 Å². The Morgan fingerprint density at radius 2 is 0.636 bits per heavy atom. The van der Waals surface area contributed by atoms with Crippen LogP contribution in [0.3, 0.4) is 0 Å². The average Bonchev–Trinajstić information content (AvgIpc) is 0.918. The number of halogens is 4. The van der Waals surface area contributed by atoms with Crippen molar-refractivity contribution < 1.29 is 122 Å². The molecule has 0 aromatic heterocycles. The summed E-state index contributed by atoms with van der Waals surface area (Å²) in [5.41, 5.74) is 0. The minimum atomic E-state index is -0.106. The van der Waals surface area contributed by atoms with Gasteiger partial charge >= 0.3 is 94.1 Å². The SMILES string of the molecule is O.O.O.O.[Cl-].[Cl-].[Cl][Pd][Cl].[Na+].[Na+]. The summed E-state index contributed by atoms with van der Waals surface area (Å²) >= 11 is -0.106. The Labute approximate surface area is 138 Å². The van der Waals surface area contributed by atoms with Crippen molar-refractivity contribution in [2.75, 3.05) is 0 Å². The molecule has 11 heteroatoms. The van der Waals surface area contributed by atoms with Crippen LogP contribution in [0.1, 0.15) is 0 Å². The minimum Gasteiger partial charge on any atom is 1.00 e. The van der Waals surface area contributed by atoms with E-state index in [2.05, 4.69) is 0 Å². The second-order valence-electron chi connectivity index (χ2n) is 0.0452. The first-order valence-corrected chi connectivity index (χ1v) is 4.24. The fourth-order valence-electron chi connectivity index (χ4n) is 0. The van der Waals surface area contributed by atoms with Crippen molar-refractivity contribution in [1.29, 1.82) is 0 Å². The fourth-order valence-corrected chi connectivity index (χ4v) is 0. The number of hydrogen-bond acceptors (Lipinski definition) is 0. The second-order valence-corrected chi connectivity index (χ2v) is 2.41. The summed E-state index contributed by atoms with van der Waals surface area (Å²) in [6.45, 7) is 0. The van der Waals surface area contributed by atoms with Crippen molar-refractivity contribution in [3.05, 3.63) is 0 Å². The van der Waals surface area contributed by atoms with E-state index in [1.54, 1.807) is 0 Å². The van der Waals surface area contributed by atoms with E-state index in [9.17, 15) is 0 Å². The van der Waals surface area contributed by atoms with Crippen LogP contribution in [0.2, 0.25) is 0 Å². The summed E-state index contributed by atoms with van der Waals surface area (Å²) in [6.07, 6.45) is 0. The monoisotopic (exact) mass is 364 g/mol. The van der Waals surface area contributed by atoms with Crippen LogP contribution in [-0.4, -0.2) is 21.9 Å². The predicted octanol–water partition coefficient (Wildman–Crippen LogP) is -13.9.